The molecule has 0 aromatic carbocycles. The van der Waals surface area contributed by atoms with Crippen LogP contribution in [-0.4, -0.2) is 35.4 Å². The van der Waals surface area contributed by atoms with E-state index in [0.717, 1.165) is 57.0 Å². The van der Waals surface area contributed by atoms with Crippen LogP contribution in [0.4, 0.5) is 0 Å². The van der Waals surface area contributed by atoms with Gasteiger partial charge in [-0.15, -0.1) is 0 Å². The predicted molar refractivity (Wildman–Crippen MR) is 158 cm³/mol. The van der Waals surface area contributed by atoms with Gasteiger partial charge in [0, 0.05) is 12.4 Å². The van der Waals surface area contributed by atoms with Crippen LogP contribution in [0.1, 0.15) is 119 Å². The molecule has 0 N–H and O–H groups in total. The lowest BCUT2D eigenvalue weighted by Gasteiger charge is -2.56. The van der Waals surface area contributed by atoms with Gasteiger partial charge in [0.1, 0.15) is 18.5 Å². The summed E-state index contributed by atoms with van der Waals surface area (Å²) >= 11 is 0. The van der Waals surface area contributed by atoms with Crippen LogP contribution in [0.2, 0.25) is 6.32 Å². The van der Waals surface area contributed by atoms with Gasteiger partial charge in [0.05, 0.1) is 10.8 Å². The Balaban J connectivity index is 1.54. The zero-order valence-electron chi connectivity index (χ0n) is 25.9. The Hall–Kier alpha value is -1.85. The number of esters is 2. The largest absolute Gasteiger partial charge is 0.460 e. The maximum absolute atomic E-state index is 14.3. The Labute approximate surface area is 237 Å². The third kappa shape index (κ3) is 6.90. The molecule has 4 aliphatic carbocycles. The summed E-state index contributed by atoms with van der Waals surface area (Å²) in [5.41, 5.74) is -0.915. The highest BCUT2D eigenvalue weighted by Gasteiger charge is 2.54. The second kappa shape index (κ2) is 10.9. The summed E-state index contributed by atoms with van der Waals surface area (Å²) in [6.45, 7) is 16.2. The minimum absolute atomic E-state index is 0.0578. The maximum Gasteiger partial charge on any atom is 0.312 e. The van der Waals surface area contributed by atoms with Gasteiger partial charge in [-0.05, 0) is 134 Å². The summed E-state index contributed by atoms with van der Waals surface area (Å²) in [6.07, 6.45) is 13.6. The van der Waals surface area contributed by atoms with Crippen molar-refractivity contribution < 1.29 is 19.1 Å². The minimum Gasteiger partial charge on any atom is -0.460 e. The standard InChI is InChI=1S/C33H52BNO4/c1-9-32(8,26-10-14-35-15-11-26)34-22-31(7,13-12-30(5,6)27(36)38-29(2,3)4)28(37)39-33-19-23-16-24(20-33)18-25(17-23)21-33/h10-11,14-15,23-25,34H,9,12-13,16-22H2,1-8H3. The molecule has 0 saturated heterocycles. The molecule has 5 nitrogen and oxygen atoms in total. The fourth-order valence-corrected chi connectivity index (χ4v) is 7.74. The normalized spacial score (nSPS) is 29.3. The number of hydrogen-bond acceptors (Lipinski definition) is 5. The van der Waals surface area contributed by atoms with Gasteiger partial charge in [0.25, 0.3) is 0 Å². The summed E-state index contributed by atoms with van der Waals surface area (Å²) < 4.78 is 12.4. The van der Waals surface area contributed by atoms with Crippen molar-refractivity contribution >= 4 is 19.2 Å². The molecule has 2 atom stereocenters. The SMILES string of the molecule is CCC(C)(BCC(C)(CCC(C)(C)C(=O)OC(C)(C)C)C(=O)OC12CC3CC(CC(C3)C1)C2)c1ccncc1. The number of hydrogen-bond donors (Lipinski definition) is 0. The van der Waals surface area contributed by atoms with Gasteiger partial charge in [-0.1, -0.05) is 26.6 Å². The second-order valence-electron chi connectivity index (χ2n) is 15.6. The number of ether oxygens (including phenoxy) is 2. The van der Waals surface area contributed by atoms with Crippen LogP contribution in [0, 0.1) is 28.6 Å². The van der Waals surface area contributed by atoms with E-state index >= 15 is 0 Å². The Morgan fingerprint density at radius 2 is 1.44 bits per heavy atom. The zero-order chi connectivity index (χ0) is 28.7. The molecule has 5 rings (SSSR count). The number of pyridine rings is 1. The molecule has 4 aliphatic rings. The van der Waals surface area contributed by atoms with E-state index in [1.165, 1.54) is 24.8 Å². The van der Waals surface area contributed by atoms with Gasteiger partial charge in [-0.25, -0.2) is 0 Å². The lowest BCUT2D eigenvalue weighted by Crippen LogP contribution is -2.54. The van der Waals surface area contributed by atoms with Gasteiger partial charge in [-0.2, -0.15) is 0 Å². The van der Waals surface area contributed by atoms with Crippen LogP contribution >= 0.6 is 0 Å². The van der Waals surface area contributed by atoms with E-state index in [9.17, 15) is 9.59 Å². The van der Waals surface area contributed by atoms with Crippen molar-refractivity contribution in [1.29, 1.82) is 0 Å². The molecule has 4 bridgehead atoms. The summed E-state index contributed by atoms with van der Waals surface area (Å²) in [6, 6.07) is 4.19. The van der Waals surface area contributed by atoms with Crippen LogP contribution in [0.5, 0.6) is 0 Å². The summed E-state index contributed by atoms with van der Waals surface area (Å²) in [5, 5.41) is -0.0636. The lowest BCUT2D eigenvalue weighted by atomic mass is 9.44. The van der Waals surface area contributed by atoms with Crippen molar-refractivity contribution in [2.75, 3.05) is 0 Å². The van der Waals surface area contributed by atoms with Gasteiger partial charge >= 0.3 is 11.9 Å². The van der Waals surface area contributed by atoms with E-state index in [1.54, 1.807) is 0 Å². The fraction of sp³-hybridized carbons (Fsp3) is 0.788. The molecule has 216 valence electrons. The molecule has 39 heavy (non-hydrogen) atoms. The molecule has 0 radical (unpaired) electrons. The highest BCUT2D eigenvalue weighted by atomic mass is 16.6. The molecule has 0 amide bonds. The number of aromatic nitrogens is 1. The number of carbonyl (C=O) groups excluding carboxylic acids is 2. The fourth-order valence-electron chi connectivity index (χ4n) is 7.74. The van der Waals surface area contributed by atoms with Crippen LogP contribution < -0.4 is 0 Å². The Bertz CT molecular complexity index is 997. The number of rotatable bonds is 11. The summed E-state index contributed by atoms with van der Waals surface area (Å²) in [5.74, 6) is 1.89. The maximum atomic E-state index is 14.3. The molecule has 1 aromatic rings. The predicted octanol–water partition coefficient (Wildman–Crippen LogP) is 7.23. The van der Waals surface area contributed by atoms with Gasteiger partial charge < -0.3 is 9.47 Å². The van der Waals surface area contributed by atoms with Crippen LogP contribution in [0.15, 0.2) is 24.5 Å². The first kappa shape index (κ1) is 30.1. The molecule has 1 aromatic heterocycles. The third-order valence-corrected chi connectivity index (χ3v) is 10.4. The van der Waals surface area contributed by atoms with E-state index in [2.05, 4.69) is 37.9 Å². The Morgan fingerprint density at radius 1 is 0.897 bits per heavy atom. The molecular formula is C33H52BNO4. The number of carbonyl (C=O) groups is 2. The Morgan fingerprint density at radius 3 is 1.92 bits per heavy atom. The molecule has 6 heteroatoms. The topological polar surface area (TPSA) is 65.5 Å². The van der Waals surface area contributed by atoms with Crippen molar-refractivity contribution in [3.63, 3.8) is 0 Å². The van der Waals surface area contributed by atoms with E-state index in [1.807, 2.05) is 47.0 Å². The molecule has 0 spiro atoms. The molecule has 0 aliphatic heterocycles. The highest BCUT2D eigenvalue weighted by molar-refractivity contribution is 6.41. The average molecular weight is 538 g/mol. The van der Waals surface area contributed by atoms with Crippen molar-refractivity contribution in [2.24, 2.45) is 28.6 Å². The third-order valence-electron chi connectivity index (χ3n) is 10.4. The Kier molecular flexibility index (Phi) is 8.38. The zero-order valence-corrected chi connectivity index (χ0v) is 25.9. The van der Waals surface area contributed by atoms with Gasteiger partial charge in [0.2, 0.25) is 0 Å². The van der Waals surface area contributed by atoms with E-state index < -0.39 is 16.4 Å². The van der Waals surface area contributed by atoms with Crippen molar-refractivity contribution in [1.82, 2.24) is 4.98 Å². The van der Waals surface area contributed by atoms with E-state index in [-0.39, 0.29) is 22.9 Å². The van der Waals surface area contributed by atoms with E-state index in [4.69, 9.17) is 9.47 Å². The van der Waals surface area contributed by atoms with Gasteiger partial charge in [-0.3, -0.25) is 14.6 Å². The molecular weight excluding hydrogens is 485 g/mol. The monoisotopic (exact) mass is 537 g/mol. The smallest absolute Gasteiger partial charge is 0.312 e. The van der Waals surface area contributed by atoms with Crippen LogP contribution in [0.3, 0.4) is 0 Å². The lowest BCUT2D eigenvalue weighted by molar-refractivity contribution is -0.196. The molecule has 4 saturated carbocycles. The van der Waals surface area contributed by atoms with Gasteiger partial charge in [0.15, 0.2) is 0 Å². The molecule has 4 fully saturated rings. The van der Waals surface area contributed by atoms with Crippen molar-refractivity contribution in [2.45, 2.75) is 136 Å². The van der Waals surface area contributed by atoms with Crippen LogP contribution in [0.25, 0.3) is 0 Å². The number of nitrogens with zero attached hydrogens (tertiary/aromatic N) is 1. The van der Waals surface area contributed by atoms with Crippen molar-refractivity contribution in [3.8, 4) is 0 Å². The van der Waals surface area contributed by atoms with Crippen LogP contribution in [-0.2, 0) is 24.4 Å². The second-order valence-corrected chi connectivity index (χ2v) is 15.6. The molecule has 2 unspecified atom stereocenters. The van der Waals surface area contributed by atoms with E-state index in [0.29, 0.717) is 12.8 Å². The highest BCUT2D eigenvalue weighted by Crippen LogP contribution is 2.57. The molecule has 1 heterocycles. The first-order valence-electron chi connectivity index (χ1n) is 15.4. The minimum atomic E-state index is -0.686. The average Bonchev–Trinajstić information content (AvgIpc) is 2.84. The first-order valence-corrected chi connectivity index (χ1v) is 15.4. The summed E-state index contributed by atoms with van der Waals surface area (Å²) in [7, 11) is 0.868. The quantitative estimate of drug-likeness (QED) is 0.220. The van der Waals surface area contributed by atoms with Crippen molar-refractivity contribution in [3.05, 3.63) is 30.1 Å². The summed E-state index contributed by atoms with van der Waals surface area (Å²) in [4.78, 5) is 31.5. The first-order chi connectivity index (χ1) is 18.1.